The first-order valence-electron chi connectivity index (χ1n) is 11.1. The van der Waals surface area contributed by atoms with Gasteiger partial charge in [0.2, 0.25) is 5.91 Å². The van der Waals surface area contributed by atoms with Crippen LogP contribution < -0.4 is 5.73 Å². The first kappa shape index (κ1) is 22.8. The number of hydrogen-bond acceptors (Lipinski definition) is 8. The molecule has 1 heterocycles. The van der Waals surface area contributed by atoms with E-state index in [9.17, 15) is 34.8 Å². The van der Waals surface area contributed by atoms with Gasteiger partial charge in [0.15, 0.2) is 17.2 Å². The molecule has 1 aromatic heterocycles. The normalized spacial score (nSPS) is 29.4. The van der Waals surface area contributed by atoms with E-state index >= 15 is 0 Å². The number of hydrogen-bond donors (Lipinski definition) is 5. The van der Waals surface area contributed by atoms with Crippen LogP contribution in [0.2, 0.25) is 0 Å². The number of aromatic hydroxyl groups is 1. The maximum absolute atomic E-state index is 13.5. The van der Waals surface area contributed by atoms with E-state index in [4.69, 9.17) is 5.73 Å². The maximum Gasteiger partial charge on any atom is 0.230 e. The minimum atomic E-state index is -2.52. The van der Waals surface area contributed by atoms with Gasteiger partial charge < -0.3 is 26.2 Å². The van der Waals surface area contributed by atoms with E-state index in [1.807, 2.05) is 0 Å². The molecule has 2 unspecified atom stereocenters. The highest BCUT2D eigenvalue weighted by Gasteiger charge is 2.62. The van der Waals surface area contributed by atoms with Crippen molar-refractivity contribution < 1.29 is 34.8 Å². The topological polar surface area (TPSA) is 171 Å². The highest BCUT2D eigenvalue weighted by Crippen LogP contribution is 2.51. The first-order valence-corrected chi connectivity index (χ1v) is 11.1. The summed E-state index contributed by atoms with van der Waals surface area (Å²) in [5.74, 6) is -1.36. The quantitative estimate of drug-likeness (QED) is 0.294. The standard InChI is InChI=1S/C26H22N2O7/c27-25(34)21-18(30)10-15-8-14-9-16-13(4-3-12-2-1-7-28-11-12)5-6-17(29)20(16)22(31)19(14)23(32)26(15,35)24(21)33/h1-2,5-7,11,14-15,18,21,29-30,32,35H,8-10H2,(H2,27,34)/t14-,15+,18?,21?,26+/m1/s1. The molecule has 6 N–H and O–H groups in total. The van der Waals surface area contributed by atoms with Crippen LogP contribution in [-0.2, 0) is 16.0 Å². The number of fused-ring (bicyclic) bond motifs is 3. The summed E-state index contributed by atoms with van der Waals surface area (Å²) in [5, 5.41) is 43.2. The average molecular weight is 474 g/mol. The number of primary amides is 1. The van der Waals surface area contributed by atoms with Crippen molar-refractivity contribution in [2.75, 3.05) is 0 Å². The lowest BCUT2D eigenvalue weighted by atomic mass is 9.57. The van der Waals surface area contributed by atoms with Crippen molar-refractivity contribution in [2.45, 2.75) is 31.0 Å². The number of carbonyl (C=O) groups is 3. The van der Waals surface area contributed by atoms with Crippen molar-refractivity contribution in [3.05, 3.63) is 70.2 Å². The van der Waals surface area contributed by atoms with Gasteiger partial charge in [0.1, 0.15) is 17.4 Å². The number of ketones is 2. The summed E-state index contributed by atoms with van der Waals surface area (Å²) in [6.45, 7) is 0. The second-order valence-electron chi connectivity index (χ2n) is 9.22. The minimum absolute atomic E-state index is 0.0578. The lowest BCUT2D eigenvalue weighted by Crippen LogP contribution is -2.63. The van der Waals surface area contributed by atoms with E-state index in [2.05, 4.69) is 16.8 Å². The Bertz CT molecular complexity index is 1370. The SMILES string of the molecule is NC(=O)C1C(=O)[C@@]2(O)C(O)=C3C(=O)c4c(O)ccc(C#Cc5cccnc5)c4C[C@H]3C[C@H]2CC1O. The zero-order valence-electron chi connectivity index (χ0n) is 18.4. The number of nitrogens with two attached hydrogens (primary N) is 1. The predicted octanol–water partition coefficient (Wildman–Crippen LogP) is 0.540. The molecule has 0 spiro atoms. The van der Waals surface area contributed by atoms with Gasteiger partial charge in [0.25, 0.3) is 0 Å². The second-order valence-corrected chi connectivity index (χ2v) is 9.22. The van der Waals surface area contributed by atoms with E-state index in [-0.39, 0.29) is 36.1 Å². The van der Waals surface area contributed by atoms with Crippen LogP contribution in [0.15, 0.2) is 48.0 Å². The molecule has 0 radical (unpaired) electrons. The number of aromatic nitrogens is 1. The van der Waals surface area contributed by atoms with Gasteiger partial charge in [-0.05, 0) is 55.0 Å². The third-order valence-electron chi connectivity index (χ3n) is 7.28. The number of pyridine rings is 1. The summed E-state index contributed by atoms with van der Waals surface area (Å²) in [6.07, 6.45) is 1.96. The molecule has 5 rings (SSSR count). The van der Waals surface area contributed by atoms with Crippen LogP contribution in [0.1, 0.15) is 39.9 Å². The van der Waals surface area contributed by atoms with Gasteiger partial charge in [-0.3, -0.25) is 19.4 Å². The molecule has 9 nitrogen and oxygen atoms in total. The van der Waals surface area contributed by atoms with E-state index in [0.29, 0.717) is 16.7 Å². The molecular weight excluding hydrogens is 452 g/mol. The number of aliphatic hydroxyl groups is 3. The molecule has 178 valence electrons. The molecule has 5 atom stereocenters. The molecule has 2 aromatic rings. The van der Waals surface area contributed by atoms with Crippen molar-refractivity contribution in [2.24, 2.45) is 23.5 Å². The summed E-state index contributed by atoms with van der Waals surface area (Å²) in [7, 11) is 0. The number of carbonyl (C=O) groups excluding carboxylic acids is 3. The fraction of sp³-hybridized carbons (Fsp3) is 0.308. The summed E-state index contributed by atoms with van der Waals surface area (Å²) in [6, 6.07) is 6.45. The smallest absolute Gasteiger partial charge is 0.230 e. The summed E-state index contributed by atoms with van der Waals surface area (Å²) in [4.78, 5) is 42.3. The molecule has 0 bridgehead atoms. The first-order chi connectivity index (χ1) is 16.6. The fourth-order valence-corrected chi connectivity index (χ4v) is 5.62. The van der Waals surface area contributed by atoms with Gasteiger partial charge in [-0.25, -0.2) is 0 Å². The van der Waals surface area contributed by atoms with Crippen LogP contribution in [0, 0.1) is 29.6 Å². The number of rotatable bonds is 1. The molecule has 0 saturated heterocycles. The maximum atomic E-state index is 13.5. The number of Topliss-reactive ketones (excluding diaryl/α,β-unsaturated/α-hetero) is 2. The molecule has 0 aliphatic heterocycles. The van der Waals surface area contributed by atoms with Crippen LogP contribution in [0.5, 0.6) is 5.75 Å². The number of benzene rings is 1. The summed E-state index contributed by atoms with van der Waals surface area (Å²) in [5.41, 5.74) is 4.17. The highest BCUT2D eigenvalue weighted by molar-refractivity contribution is 6.15. The van der Waals surface area contributed by atoms with Gasteiger partial charge >= 0.3 is 0 Å². The summed E-state index contributed by atoms with van der Waals surface area (Å²) >= 11 is 0. The monoisotopic (exact) mass is 474 g/mol. The Morgan fingerprint density at radius 2 is 1.91 bits per heavy atom. The predicted molar refractivity (Wildman–Crippen MR) is 121 cm³/mol. The molecule has 1 saturated carbocycles. The van der Waals surface area contributed by atoms with Crippen molar-refractivity contribution in [3.63, 3.8) is 0 Å². The number of nitrogens with zero attached hydrogens (tertiary/aromatic N) is 1. The fourth-order valence-electron chi connectivity index (χ4n) is 5.62. The van der Waals surface area contributed by atoms with E-state index in [0.717, 1.165) is 0 Å². The molecule has 9 heteroatoms. The molecule has 1 aromatic carbocycles. The Balaban J connectivity index is 1.62. The molecule has 35 heavy (non-hydrogen) atoms. The zero-order chi connectivity index (χ0) is 25.1. The van der Waals surface area contributed by atoms with Crippen molar-refractivity contribution in [1.29, 1.82) is 0 Å². The van der Waals surface area contributed by atoms with Gasteiger partial charge in [0, 0.05) is 35.0 Å². The van der Waals surface area contributed by atoms with Crippen molar-refractivity contribution >= 4 is 17.5 Å². The van der Waals surface area contributed by atoms with E-state index in [1.165, 1.54) is 6.07 Å². The lowest BCUT2D eigenvalue weighted by molar-refractivity contribution is -0.167. The van der Waals surface area contributed by atoms with Crippen LogP contribution in [0.25, 0.3) is 0 Å². The van der Waals surface area contributed by atoms with Crippen molar-refractivity contribution in [3.8, 4) is 17.6 Å². The molecule has 3 aliphatic carbocycles. The number of aliphatic hydroxyl groups excluding tert-OH is 2. The Morgan fingerprint density at radius 3 is 2.60 bits per heavy atom. The van der Waals surface area contributed by atoms with Gasteiger partial charge in [0.05, 0.1) is 11.7 Å². The number of phenols is 1. The molecule has 3 aliphatic rings. The van der Waals surface area contributed by atoms with Crippen LogP contribution in [0.3, 0.4) is 0 Å². The van der Waals surface area contributed by atoms with E-state index in [1.54, 1.807) is 30.6 Å². The Morgan fingerprint density at radius 1 is 1.14 bits per heavy atom. The van der Waals surface area contributed by atoms with Crippen LogP contribution in [0.4, 0.5) is 0 Å². The van der Waals surface area contributed by atoms with Crippen LogP contribution in [-0.4, -0.2) is 54.6 Å². The lowest BCUT2D eigenvalue weighted by Gasteiger charge is -2.48. The number of amides is 1. The Hall–Kier alpha value is -4.00. The minimum Gasteiger partial charge on any atom is -0.508 e. The van der Waals surface area contributed by atoms with Crippen molar-refractivity contribution in [1.82, 2.24) is 4.98 Å². The Kier molecular flexibility index (Phi) is 5.24. The molecule has 1 amide bonds. The third kappa shape index (κ3) is 3.33. The van der Waals surface area contributed by atoms with Gasteiger partial charge in [-0.15, -0.1) is 0 Å². The summed E-state index contributed by atoms with van der Waals surface area (Å²) < 4.78 is 0. The largest absolute Gasteiger partial charge is 0.508 e. The number of allylic oxidation sites excluding steroid dienone is 1. The average Bonchev–Trinajstić information content (AvgIpc) is 2.81. The Labute approximate surface area is 199 Å². The number of phenolic OH excluding ortho intramolecular Hbond substituents is 1. The second kappa shape index (κ2) is 8.05. The zero-order valence-corrected chi connectivity index (χ0v) is 18.4. The van der Waals surface area contributed by atoms with Gasteiger partial charge in [-0.1, -0.05) is 11.8 Å². The van der Waals surface area contributed by atoms with E-state index < -0.39 is 52.7 Å². The third-order valence-corrected chi connectivity index (χ3v) is 7.28. The highest BCUT2D eigenvalue weighted by atomic mass is 16.3. The molecular formula is C26H22N2O7. The molecule has 1 fully saturated rings. The van der Waals surface area contributed by atoms with Crippen LogP contribution >= 0.6 is 0 Å². The van der Waals surface area contributed by atoms with Gasteiger partial charge in [-0.2, -0.15) is 0 Å².